The van der Waals surface area contributed by atoms with Crippen LogP contribution in [0.15, 0.2) is 76.0 Å². The van der Waals surface area contributed by atoms with Crippen LogP contribution in [0.2, 0.25) is 0 Å². The average molecular weight is 2430 g/mol. The van der Waals surface area contributed by atoms with E-state index in [1.807, 2.05) is 19.9 Å². The number of aliphatic hydroxyl groups is 1. The smallest absolute Gasteiger partial charge is 0.870 e. The van der Waals surface area contributed by atoms with Crippen molar-refractivity contribution in [1.82, 2.24) is 0 Å². The number of ether oxygens (including phenoxy) is 5. The molecule has 2 N–H and O–H groups in total. The Labute approximate surface area is 960 Å². The predicted molar refractivity (Wildman–Crippen MR) is 495 cm³/mol. The van der Waals surface area contributed by atoms with Gasteiger partial charge in [0.25, 0.3) is 0 Å². The van der Waals surface area contributed by atoms with E-state index in [-0.39, 0.29) is 269 Å². The standard InChI is InChI=1S/C21H33O3.C20H31O2.2C20H29O2.C16H25O.C5H7BrO2.4ClH.Li.H2O.Rh.5Y.Zn.H2/c1-14-7-6-12-21(4)18(14)10-11-19(21)15(2)8-9-17(22)13-16(3)20(23)24-5;3*1-13-6-5-11-20(4)17(13)9-10-18(20)14(2)7-8-16-12-15(3)19(21)22-16;1-12-6-4-10-16(3)14(12)8-9-15(16)13(2)7-5-11-17;1-4(3-6)5(7)8-2;;;;;;;;;;;;;;/h1,15,17-19,22H,3,6-13H2,2,4-5H3;1,14-18H,5-12H2,2-4H3;1,12,14,16-18H,5-11H2,2-4H3;1,14,16-18H,3,5-12H2,2,4H3;1,11,13-15H,4-10H2,2-3H3;1,3H2,2H3;4*1H;;1H2;;;;;;;;1H/q5*-1;;;;;;+1;;+3;;;;;;;/p-4/t15?,17?,18?,19-,21+;14?,15?,16?,17?,18-,20+;2*14?,16?,17?,18-,20+;13?,14?,15-,16+;;;;;;;;;;;;;;;/m11111.............../s1. The minimum Gasteiger partial charge on any atom is -0.870 e. The summed E-state index contributed by atoms with van der Waals surface area (Å²) in [6.07, 6.45) is 45.8. The molecule has 0 spiro atoms. The van der Waals surface area contributed by atoms with Crippen molar-refractivity contribution in [2.45, 2.75) is 351 Å². The van der Waals surface area contributed by atoms with E-state index in [4.69, 9.17) is 76.2 Å². The summed E-state index contributed by atoms with van der Waals surface area (Å²) >= 11 is 1.40. The maximum absolute atomic E-state index is 11.5. The molecule has 0 bridgehead atoms. The zero-order chi connectivity index (χ0) is 88.2. The minimum atomic E-state index is -1.66. The first-order valence-corrected chi connectivity index (χ1v) is 53.4. The van der Waals surface area contributed by atoms with Gasteiger partial charge in [-0.3, -0.25) is 32.7 Å². The summed E-state index contributed by atoms with van der Waals surface area (Å²) in [5, 5.41) is 10.7. The zero-order valence-corrected chi connectivity index (χ0v) is 104. The Kier molecular flexibility index (Phi) is 68.3. The van der Waals surface area contributed by atoms with Gasteiger partial charge < -0.3 is 72.0 Å². The van der Waals surface area contributed by atoms with E-state index in [0.717, 1.165) is 132 Å². The zero-order valence-electron chi connectivity index (χ0n) is 81.0. The fourth-order valence-electron chi connectivity index (χ4n) is 26.5. The quantitative estimate of drug-likeness (QED) is 0.0172. The molecule has 2 saturated heterocycles. The van der Waals surface area contributed by atoms with E-state index >= 15 is 0 Å². The second-order valence-electron chi connectivity index (χ2n) is 40.4. The summed E-state index contributed by atoms with van der Waals surface area (Å²) in [5.74, 6) is 9.18. The molecular formula is C102H158BrCl4LiO13RhY5Zn-5. The van der Waals surface area contributed by atoms with E-state index in [1.54, 1.807) is 0 Å². The SMILES string of the molecule is C=C(CBr)C(=O)OC.Cl.[CH-]=C1CCC[C@@]2(C)C1CC[C@@H]2C(C)CCC(O)CC(=C)C(=O)OC.[CH-]=C1CCC[C@@]2(C)C1CC[C@@H]2C(C)CCC1C=C(C)C(=O)O1.[CH-]=C1CCC[C@@]2(C)C1CC[C@@H]2C(C)CCC1CC(=C)C(=O)O1.[CH-]=C1CCC[C@@]2(C)C1CC[C@@H]2C(C)CCC1CC(C)C(=O)O1.[CH-]=C1CCC[C@@]2(C)C1CC[C@@H]2C(C)CCC=O.[Cl][Rh]([Cl])[Cl].[HH].[Li+].[OH-].[Y].[Y].[Y].[Y].[Y].[Zn]. The first-order valence-electron chi connectivity index (χ1n) is 46.0. The van der Waals surface area contributed by atoms with Crippen molar-refractivity contribution in [3.63, 3.8) is 0 Å². The van der Waals surface area contributed by atoms with Gasteiger partial charge in [-0.2, -0.15) is 0 Å². The number of carbonyl (C=O) groups excluding carboxylic acids is 6. The van der Waals surface area contributed by atoms with Gasteiger partial charge in [0.15, 0.2) is 0 Å². The molecule has 5 radical (unpaired) electrons. The summed E-state index contributed by atoms with van der Waals surface area (Å²) < 4.78 is 25.2. The van der Waals surface area contributed by atoms with Crippen molar-refractivity contribution in [2.75, 3.05) is 19.5 Å². The number of rotatable bonds is 25. The van der Waals surface area contributed by atoms with E-state index in [9.17, 15) is 33.9 Å². The van der Waals surface area contributed by atoms with Crippen LogP contribution in [0, 0.1) is 155 Å². The van der Waals surface area contributed by atoms with Crippen LogP contribution in [0.5, 0.6) is 0 Å². The number of allylic oxidation sites excluding steroid dienone is 5. The molecule has 3 heterocycles. The van der Waals surface area contributed by atoms with E-state index in [1.165, 1.54) is 177 Å². The van der Waals surface area contributed by atoms with E-state index < -0.39 is 25.1 Å². The molecule has 0 amide bonds. The summed E-state index contributed by atoms with van der Waals surface area (Å²) in [5.41, 5.74) is 10.4. The normalized spacial score (nSPS) is 33.0. The number of cyclic esters (lactones) is 3. The first-order chi connectivity index (χ1) is 56.1. The van der Waals surface area contributed by atoms with Crippen LogP contribution >= 0.6 is 57.4 Å². The molecule has 3 aliphatic heterocycles. The van der Waals surface area contributed by atoms with Crippen LogP contribution in [0.1, 0.15) is 329 Å². The Morgan fingerprint density at radius 2 is 0.859 bits per heavy atom. The summed E-state index contributed by atoms with van der Waals surface area (Å²) in [7, 11) is 17.5. The minimum absolute atomic E-state index is 0. The third kappa shape index (κ3) is 36.7. The summed E-state index contributed by atoms with van der Waals surface area (Å²) in [6, 6.07) is 0. The number of esters is 5. The average Bonchev–Trinajstić information content (AvgIpc) is 1.65. The van der Waals surface area contributed by atoms with Gasteiger partial charge in [0, 0.05) is 231 Å². The Hall–Kier alpha value is 3.60. The van der Waals surface area contributed by atoms with Crippen LogP contribution in [0.4, 0.5) is 0 Å². The van der Waals surface area contributed by atoms with Crippen LogP contribution in [0.25, 0.3) is 0 Å². The molecule has 10 aliphatic carbocycles. The van der Waals surface area contributed by atoms with Crippen LogP contribution < -0.4 is 18.9 Å². The Bertz CT molecular complexity index is 3590. The van der Waals surface area contributed by atoms with Crippen molar-refractivity contribution in [3.05, 3.63) is 109 Å². The summed E-state index contributed by atoms with van der Waals surface area (Å²) in [4.78, 5) is 66.7. The van der Waals surface area contributed by atoms with Gasteiger partial charge in [-0.05, 0) is 289 Å². The van der Waals surface area contributed by atoms with Crippen molar-refractivity contribution >= 4 is 93.5 Å². The van der Waals surface area contributed by atoms with Crippen molar-refractivity contribution in [1.29, 1.82) is 0 Å². The molecule has 12 fully saturated rings. The van der Waals surface area contributed by atoms with Gasteiger partial charge >= 0.3 is 90.8 Å². The number of hydrogen-bond donors (Lipinski definition) is 1. The largest absolute Gasteiger partial charge is 1.00 e. The van der Waals surface area contributed by atoms with Gasteiger partial charge in [0.1, 0.15) is 24.6 Å². The van der Waals surface area contributed by atoms with Gasteiger partial charge in [-0.15, -0.1) is 12.4 Å². The van der Waals surface area contributed by atoms with Gasteiger partial charge in [-0.25, -0.2) is 19.2 Å². The number of fused-ring (bicyclic) bond motifs is 5. The van der Waals surface area contributed by atoms with Crippen LogP contribution in [0.3, 0.4) is 0 Å². The molecule has 13 rings (SSSR count). The number of methoxy groups -OCH3 is 2. The fourth-order valence-corrected chi connectivity index (χ4v) is 26.8. The molecular weight excluding hydrogens is 2270 g/mol. The van der Waals surface area contributed by atoms with E-state index in [2.05, 4.69) is 114 Å². The molecule has 0 aromatic heterocycles. The maximum Gasteiger partial charge on any atom is 1.00 e. The van der Waals surface area contributed by atoms with Crippen LogP contribution in [-0.2, 0) is 248 Å². The second kappa shape index (κ2) is 64.4. The fraction of sp³-hybridized carbons (Fsp3) is 0.765. The third-order valence-electron chi connectivity index (χ3n) is 33.1. The molecule has 13 nitrogen and oxygen atoms in total. The Balaban J connectivity index is -0.000000721. The molecule has 711 valence electrons. The Morgan fingerprint density at radius 3 is 1.13 bits per heavy atom. The van der Waals surface area contributed by atoms with Crippen molar-refractivity contribution in [2.24, 2.45) is 122 Å². The number of aliphatic hydroxyl groups excluding tert-OH is 1. The van der Waals surface area contributed by atoms with Gasteiger partial charge in [-0.1, -0.05) is 176 Å². The topological polar surface area (TPSA) is 199 Å². The number of aldehydes is 1. The molecule has 128 heavy (non-hydrogen) atoms. The number of carbonyl (C=O) groups is 6. The van der Waals surface area contributed by atoms with Crippen molar-refractivity contribution < 1.29 is 279 Å². The number of hydrogen-bond acceptors (Lipinski definition) is 13. The predicted octanol–water partition coefficient (Wildman–Crippen LogP) is 23.9. The molecule has 10 saturated carbocycles. The molecule has 25 atom stereocenters. The molecule has 13 aliphatic rings. The van der Waals surface area contributed by atoms with Crippen LogP contribution in [-0.4, -0.2) is 90.7 Å². The maximum atomic E-state index is 11.5. The second-order valence-corrected chi connectivity index (χ2v) is 48.5. The summed E-state index contributed by atoms with van der Waals surface area (Å²) in [6.45, 7) is 70.3. The first kappa shape index (κ1) is 136. The number of alkyl halides is 1. The molecule has 0 aromatic rings. The monoisotopic (exact) mass is 2430 g/mol. The third-order valence-corrected chi connectivity index (χ3v) is 33.7. The molecule has 0 aromatic carbocycles. The Morgan fingerprint density at radius 1 is 0.547 bits per heavy atom. The molecule has 15 unspecified atom stereocenters. The van der Waals surface area contributed by atoms with Crippen molar-refractivity contribution in [3.8, 4) is 0 Å². The van der Waals surface area contributed by atoms with E-state index in [0.29, 0.717) is 127 Å². The van der Waals surface area contributed by atoms with Gasteiger partial charge in [0.2, 0.25) is 0 Å². The van der Waals surface area contributed by atoms with Gasteiger partial charge in [0.05, 0.1) is 26.2 Å². The molecule has 26 heteroatoms. The number of halogens is 5.